The Morgan fingerprint density at radius 2 is 1.84 bits per heavy atom. The lowest BCUT2D eigenvalue weighted by atomic mass is 9.89. The highest BCUT2D eigenvalue weighted by atomic mass is 19.1. The van der Waals surface area contributed by atoms with Crippen LogP contribution in [0.2, 0.25) is 0 Å². The molecular formula is C22H24FNO7. The highest BCUT2D eigenvalue weighted by molar-refractivity contribution is 5.78. The molecular weight excluding hydrogens is 409 g/mol. The molecule has 0 aromatic heterocycles. The monoisotopic (exact) mass is 433 g/mol. The molecule has 1 fully saturated rings. The summed E-state index contributed by atoms with van der Waals surface area (Å²) in [5, 5.41) is 21.9. The molecule has 3 atom stereocenters. The van der Waals surface area contributed by atoms with E-state index in [9.17, 15) is 19.1 Å². The van der Waals surface area contributed by atoms with Crippen molar-refractivity contribution in [1.29, 1.82) is 0 Å². The van der Waals surface area contributed by atoms with Crippen LogP contribution in [0.3, 0.4) is 0 Å². The number of carbonyl (C=O) groups excluding carboxylic acids is 1. The number of para-hydroxylation sites is 1. The Kier molecular flexibility index (Phi) is 7.80. The van der Waals surface area contributed by atoms with E-state index in [1.807, 2.05) is 6.07 Å². The van der Waals surface area contributed by atoms with Gasteiger partial charge in [0.25, 0.3) is 0 Å². The van der Waals surface area contributed by atoms with E-state index >= 15 is 0 Å². The number of carboxylic acid groups (broad SMARTS) is 1. The van der Waals surface area contributed by atoms with Gasteiger partial charge in [0.15, 0.2) is 11.5 Å². The molecule has 3 N–H and O–H groups in total. The van der Waals surface area contributed by atoms with Crippen molar-refractivity contribution in [2.75, 3.05) is 13.2 Å². The summed E-state index contributed by atoms with van der Waals surface area (Å²) in [6, 6.07) is 12.1. The standard InChI is InChI=1S/C22H24FNO7/c23-14-9-10-17(19(11-14)30-15-5-2-1-3-6-15)31-18-8-4-7-16(22(18)28)24-20(25)12-29-13-21(26)27/h1-3,5-6,9-11,16,18,22,28H,4,7-8,12-13H2,(H,24,25)(H,26,27)/t16-,18-,22-/m1/s1. The molecule has 1 aliphatic carbocycles. The Balaban J connectivity index is 1.64. The summed E-state index contributed by atoms with van der Waals surface area (Å²) in [7, 11) is 0. The number of rotatable bonds is 9. The number of amides is 1. The molecule has 9 heteroatoms. The van der Waals surface area contributed by atoms with E-state index in [-0.39, 0.29) is 11.5 Å². The number of aliphatic hydroxyl groups excluding tert-OH is 1. The molecule has 166 valence electrons. The summed E-state index contributed by atoms with van der Waals surface area (Å²) in [6.45, 7) is -1.00. The maximum absolute atomic E-state index is 13.8. The minimum absolute atomic E-state index is 0.173. The van der Waals surface area contributed by atoms with E-state index < -0.39 is 49.2 Å². The second-order valence-electron chi connectivity index (χ2n) is 7.14. The van der Waals surface area contributed by atoms with Gasteiger partial charge in [0, 0.05) is 6.07 Å². The Labute approximate surface area is 178 Å². The average molecular weight is 433 g/mol. The van der Waals surface area contributed by atoms with Crippen molar-refractivity contribution in [3.05, 3.63) is 54.3 Å². The number of ether oxygens (including phenoxy) is 3. The zero-order valence-electron chi connectivity index (χ0n) is 16.7. The number of halogens is 1. The Morgan fingerprint density at radius 3 is 2.58 bits per heavy atom. The first-order valence-corrected chi connectivity index (χ1v) is 9.88. The van der Waals surface area contributed by atoms with Crippen molar-refractivity contribution < 1.29 is 38.4 Å². The number of carboxylic acids is 1. The van der Waals surface area contributed by atoms with Crippen LogP contribution in [0, 0.1) is 5.82 Å². The number of aliphatic hydroxyl groups is 1. The summed E-state index contributed by atoms with van der Waals surface area (Å²) in [6.07, 6.45) is 0.0706. The van der Waals surface area contributed by atoms with Crippen molar-refractivity contribution in [3.8, 4) is 17.2 Å². The summed E-state index contributed by atoms with van der Waals surface area (Å²) < 4.78 is 30.2. The molecule has 0 bridgehead atoms. The Bertz CT molecular complexity index is 893. The van der Waals surface area contributed by atoms with Gasteiger partial charge in [0.2, 0.25) is 5.91 Å². The number of benzene rings is 2. The van der Waals surface area contributed by atoms with Gasteiger partial charge in [-0.05, 0) is 43.5 Å². The van der Waals surface area contributed by atoms with Gasteiger partial charge in [-0.3, -0.25) is 4.79 Å². The van der Waals surface area contributed by atoms with Gasteiger partial charge in [-0.25, -0.2) is 9.18 Å². The summed E-state index contributed by atoms with van der Waals surface area (Å²) in [4.78, 5) is 22.4. The lowest BCUT2D eigenvalue weighted by Gasteiger charge is -2.35. The Morgan fingerprint density at radius 1 is 1.06 bits per heavy atom. The molecule has 0 heterocycles. The molecule has 2 aromatic carbocycles. The van der Waals surface area contributed by atoms with Gasteiger partial charge in [-0.15, -0.1) is 0 Å². The first kappa shape index (κ1) is 22.5. The number of hydrogen-bond acceptors (Lipinski definition) is 6. The number of nitrogens with one attached hydrogen (secondary N) is 1. The highest BCUT2D eigenvalue weighted by Crippen LogP contribution is 2.35. The van der Waals surface area contributed by atoms with E-state index in [4.69, 9.17) is 19.3 Å². The minimum Gasteiger partial charge on any atom is -0.484 e. The fraction of sp³-hybridized carbons (Fsp3) is 0.364. The van der Waals surface area contributed by atoms with Gasteiger partial charge in [-0.1, -0.05) is 18.2 Å². The van der Waals surface area contributed by atoms with E-state index in [1.165, 1.54) is 18.2 Å². The molecule has 8 nitrogen and oxygen atoms in total. The van der Waals surface area contributed by atoms with Crippen molar-refractivity contribution in [1.82, 2.24) is 5.32 Å². The van der Waals surface area contributed by atoms with Crippen LogP contribution in [-0.2, 0) is 14.3 Å². The highest BCUT2D eigenvalue weighted by Gasteiger charge is 2.35. The minimum atomic E-state index is -1.17. The van der Waals surface area contributed by atoms with E-state index in [0.717, 1.165) is 0 Å². The number of aliphatic carboxylic acids is 1. The maximum Gasteiger partial charge on any atom is 0.329 e. The summed E-state index contributed by atoms with van der Waals surface area (Å²) in [5.41, 5.74) is 0. The quantitative estimate of drug-likeness (QED) is 0.557. The molecule has 0 radical (unpaired) electrons. The third-order valence-corrected chi connectivity index (χ3v) is 4.76. The van der Waals surface area contributed by atoms with Crippen molar-refractivity contribution >= 4 is 11.9 Å². The summed E-state index contributed by atoms with van der Waals surface area (Å²) in [5.74, 6) is -1.24. The first-order chi connectivity index (χ1) is 14.9. The fourth-order valence-corrected chi connectivity index (χ4v) is 3.34. The lowest BCUT2D eigenvalue weighted by molar-refractivity contribution is -0.144. The normalized spacial score (nSPS) is 20.6. The van der Waals surface area contributed by atoms with Crippen molar-refractivity contribution in [2.24, 2.45) is 0 Å². The van der Waals surface area contributed by atoms with Crippen molar-refractivity contribution in [2.45, 2.75) is 37.5 Å². The predicted molar refractivity (Wildman–Crippen MR) is 108 cm³/mol. The zero-order chi connectivity index (χ0) is 22.2. The van der Waals surface area contributed by atoms with Crippen LogP contribution in [0.25, 0.3) is 0 Å². The second kappa shape index (κ2) is 10.7. The molecule has 3 rings (SSSR count). The molecule has 2 aromatic rings. The van der Waals surface area contributed by atoms with Crippen LogP contribution in [-0.4, -0.2) is 53.6 Å². The van der Waals surface area contributed by atoms with Crippen LogP contribution >= 0.6 is 0 Å². The SMILES string of the molecule is O=C(O)COCC(=O)N[C@@H]1CCC[C@@H](Oc2ccc(F)cc2Oc2ccccc2)[C@@H]1O. The molecule has 0 saturated heterocycles. The number of carbonyl (C=O) groups is 2. The summed E-state index contributed by atoms with van der Waals surface area (Å²) >= 11 is 0. The first-order valence-electron chi connectivity index (χ1n) is 9.88. The van der Waals surface area contributed by atoms with Crippen LogP contribution in [0.1, 0.15) is 19.3 Å². The van der Waals surface area contributed by atoms with Gasteiger partial charge < -0.3 is 29.7 Å². The maximum atomic E-state index is 13.8. The zero-order valence-corrected chi connectivity index (χ0v) is 16.7. The second-order valence-corrected chi connectivity index (χ2v) is 7.14. The molecule has 1 amide bonds. The van der Waals surface area contributed by atoms with Crippen LogP contribution < -0.4 is 14.8 Å². The topological polar surface area (TPSA) is 114 Å². The third-order valence-electron chi connectivity index (χ3n) is 4.76. The van der Waals surface area contributed by atoms with Gasteiger partial charge in [0.1, 0.15) is 37.0 Å². The molecule has 31 heavy (non-hydrogen) atoms. The van der Waals surface area contributed by atoms with Gasteiger partial charge >= 0.3 is 5.97 Å². The van der Waals surface area contributed by atoms with Gasteiger partial charge in [-0.2, -0.15) is 0 Å². The van der Waals surface area contributed by atoms with Gasteiger partial charge in [0.05, 0.1) is 6.04 Å². The molecule has 1 saturated carbocycles. The molecule has 0 aliphatic heterocycles. The molecule has 0 unspecified atom stereocenters. The van der Waals surface area contributed by atoms with E-state index in [1.54, 1.807) is 24.3 Å². The van der Waals surface area contributed by atoms with E-state index in [2.05, 4.69) is 5.32 Å². The average Bonchev–Trinajstić information content (AvgIpc) is 2.73. The van der Waals surface area contributed by atoms with Crippen LogP contribution in [0.5, 0.6) is 17.2 Å². The molecule has 0 spiro atoms. The van der Waals surface area contributed by atoms with Crippen LogP contribution in [0.4, 0.5) is 4.39 Å². The predicted octanol–water partition coefficient (Wildman–Crippen LogP) is 2.50. The number of hydrogen-bond donors (Lipinski definition) is 3. The Hall–Kier alpha value is -3.17. The van der Waals surface area contributed by atoms with E-state index in [0.29, 0.717) is 25.0 Å². The van der Waals surface area contributed by atoms with Crippen molar-refractivity contribution in [3.63, 3.8) is 0 Å². The smallest absolute Gasteiger partial charge is 0.329 e. The lowest BCUT2D eigenvalue weighted by Crippen LogP contribution is -2.53. The largest absolute Gasteiger partial charge is 0.484 e. The molecule has 1 aliphatic rings. The fourth-order valence-electron chi connectivity index (χ4n) is 3.34. The third kappa shape index (κ3) is 6.66. The van der Waals surface area contributed by atoms with Crippen LogP contribution in [0.15, 0.2) is 48.5 Å².